The summed E-state index contributed by atoms with van der Waals surface area (Å²) in [7, 11) is 0. The van der Waals surface area contributed by atoms with Crippen LogP contribution in [0, 0.1) is 0 Å². The van der Waals surface area contributed by atoms with Crippen LogP contribution in [0.2, 0.25) is 0 Å². The minimum atomic E-state index is -1.52. The van der Waals surface area contributed by atoms with Crippen molar-refractivity contribution in [2.24, 2.45) is 0 Å². The molecule has 0 aromatic heterocycles. The topological polar surface area (TPSA) is 158 Å². The maximum atomic E-state index is 10.2. The molecule has 0 spiro atoms. The second-order valence-corrected chi connectivity index (χ2v) is 7.20. The summed E-state index contributed by atoms with van der Waals surface area (Å²) in [4.78, 5) is 0. The van der Waals surface area contributed by atoms with Crippen LogP contribution in [0.4, 0.5) is 0 Å². The van der Waals surface area contributed by atoms with E-state index in [0.29, 0.717) is 6.42 Å². The standard InChI is InChI=1S/C19H28O10/c20-11-8-27-18(16(24)13(11)21)28-9-12-14(22)15(23)17(25)19(29-12)26-7-6-10-4-2-1-3-5-10/h1-5,11-25H,6-9H2/t11-,12+,13-,14-,15-,16-,17+,18+,19+/m1/s1. The van der Waals surface area contributed by atoms with Crippen molar-refractivity contribution < 1.29 is 49.6 Å². The molecule has 0 saturated carbocycles. The van der Waals surface area contributed by atoms with Gasteiger partial charge in [0.15, 0.2) is 12.6 Å². The summed E-state index contributed by atoms with van der Waals surface area (Å²) < 4.78 is 21.6. The first-order valence-corrected chi connectivity index (χ1v) is 9.51. The first-order chi connectivity index (χ1) is 13.9. The van der Waals surface area contributed by atoms with Gasteiger partial charge < -0.3 is 49.6 Å². The molecule has 0 bridgehead atoms. The van der Waals surface area contributed by atoms with Gasteiger partial charge in [0.2, 0.25) is 0 Å². The molecule has 9 atom stereocenters. The molecule has 6 N–H and O–H groups in total. The van der Waals surface area contributed by atoms with Crippen molar-refractivity contribution in [1.82, 2.24) is 0 Å². The van der Waals surface area contributed by atoms with Gasteiger partial charge in [-0.1, -0.05) is 30.3 Å². The Kier molecular flexibility index (Phi) is 7.93. The fraction of sp³-hybridized carbons (Fsp3) is 0.684. The van der Waals surface area contributed by atoms with E-state index >= 15 is 0 Å². The fourth-order valence-corrected chi connectivity index (χ4v) is 3.25. The maximum Gasteiger partial charge on any atom is 0.186 e. The number of hydrogen-bond donors (Lipinski definition) is 6. The van der Waals surface area contributed by atoms with Gasteiger partial charge in [0.05, 0.1) is 19.8 Å². The SMILES string of the molecule is O[C@H]1[C@H](O)[C@@H](OCCc2ccccc2)O[C@@H](CO[C@@H]2OC[C@@H](O)[C@@H](O)[C@H]2O)[C@H]1O. The lowest BCUT2D eigenvalue weighted by Crippen LogP contribution is -2.60. The number of aliphatic hydroxyl groups excluding tert-OH is 6. The molecule has 3 rings (SSSR count). The van der Waals surface area contributed by atoms with E-state index in [-0.39, 0.29) is 19.8 Å². The third-order valence-corrected chi connectivity index (χ3v) is 5.06. The van der Waals surface area contributed by atoms with Crippen LogP contribution in [0.1, 0.15) is 5.56 Å². The highest BCUT2D eigenvalue weighted by Crippen LogP contribution is 2.24. The van der Waals surface area contributed by atoms with Gasteiger partial charge in [0.1, 0.15) is 42.7 Å². The number of benzene rings is 1. The van der Waals surface area contributed by atoms with Crippen molar-refractivity contribution >= 4 is 0 Å². The van der Waals surface area contributed by atoms with E-state index in [0.717, 1.165) is 5.56 Å². The Morgan fingerprint density at radius 2 is 1.48 bits per heavy atom. The van der Waals surface area contributed by atoms with Crippen LogP contribution in [0.3, 0.4) is 0 Å². The van der Waals surface area contributed by atoms with E-state index in [1.807, 2.05) is 30.3 Å². The molecule has 2 saturated heterocycles. The lowest BCUT2D eigenvalue weighted by molar-refractivity contribution is -0.320. The van der Waals surface area contributed by atoms with Gasteiger partial charge in [-0.15, -0.1) is 0 Å². The Labute approximate surface area is 167 Å². The Bertz CT molecular complexity index is 616. The average Bonchev–Trinajstić information content (AvgIpc) is 2.73. The molecule has 2 heterocycles. The number of hydrogen-bond acceptors (Lipinski definition) is 10. The van der Waals surface area contributed by atoms with Crippen LogP contribution in [0.5, 0.6) is 0 Å². The molecule has 2 aliphatic rings. The predicted octanol–water partition coefficient (Wildman–Crippen LogP) is -2.49. The van der Waals surface area contributed by atoms with Gasteiger partial charge >= 0.3 is 0 Å². The average molecular weight is 416 g/mol. The predicted molar refractivity (Wildman–Crippen MR) is 96.5 cm³/mol. The second kappa shape index (κ2) is 10.2. The Balaban J connectivity index is 1.51. The largest absolute Gasteiger partial charge is 0.388 e. The van der Waals surface area contributed by atoms with Crippen molar-refractivity contribution in [1.29, 1.82) is 0 Å². The van der Waals surface area contributed by atoms with Crippen LogP contribution in [-0.4, -0.2) is 106 Å². The summed E-state index contributed by atoms with van der Waals surface area (Å²) in [6.07, 6.45) is -11.5. The van der Waals surface area contributed by atoms with E-state index in [1.165, 1.54) is 0 Å². The van der Waals surface area contributed by atoms with Crippen molar-refractivity contribution in [3.63, 3.8) is 0 Å². The summed E-state index contributed by atoms with van der Waals surface area (Å²) in [5.74, 6) is 0. The summed E-state index contributed by atoms with van der Waals surface area (Å²) in [6, 6.07) is 9.54. The molecule has 0 radical (unpaired) electrons. The lowest BCUT2D eigenvalue weighted by atomic mass is 9.99. The van der Waals surface area contributed by atoms with Crippen molar-refractivity contribution in [3.8, 4) is 0 Å². The molecule has 10 heteroatoms. The van der Waals surface area contributed by atoms with Crippen molar-refractivity contribution in [3.05, 3.63) is 35.9 Å². The molecule has 164 valence electrons. The third-order valence-electron chi connectivity index (χ3n) is 5.06. The van der Waals surface area contributed by atoms with E-state index in [1.54, 1.807) is 0 Å². The van der Waals surface area contributed by atoms with Crippen LogP contribution < -0.4 is 0 Å². The molecule has 0 amide bonds. The molecular weight excluding hydrogens is 388 g/mol. The summed E-state index contributed by atoms with van der Waals surface area (Å²) in [5.41, 5.74) is 1.03. The zero-order valence-corrected chi connectivity index (χ0v) is 15.7. The van der Waals surface area contributed by atoms with Crippen LogP contribution in [0.25, 0.3) is 0 Å². The van der Waals surface area contributed by atoms with Crippen LogP contribution in [-0.2, 0) is 25.4 Å². The molecule has 29 heavy (non-hydrogen) atoms. The molecule has 10 nitrogen and oxygen atoms in total. The molecule has 0 unspecified atom stereocenters. The summed E-state index contributed by atoms with van der Waals surface area (Å²) in [6.45, 7) is -0.325. The highest BCUT2D eigenvalue weighted by Gasteiger charge is 2.45. The number of rotatable bonds is 7. The van der Waals surface area contributed by atoms with E-state index in [4.69, 9.17) is 18.9 Å². The molecule has 0 aliphatic carbocycles. The van der Waals surface area contributed by atoms with Gasteiger partial charge in [-0.3, -0.25) is 0 Å². The first kappa shape index (κ1) is 22.5. The first-order valence-electron chi connectivity index (χ1n) is 9.51. The highest BCUT2D eigenvalue weighted by atomic mass is 16.7. The molecular formula is C19H28O10. The van der Waals surface area contributed by atoms with Gasteiger partial charge in [0, 0.05) is 0 Å². The molecule has 1 aromatic rings. The lowest BCUT2D eigenvalue weighted by Gasteiger charge is -2.41. The monoisotopic (exact) mass is 416 g/mol. The molecule has 2 fully saturated rings. The van der Waals surface area contributed by atoms with Crippen LogP contribution >= 0.6 is 0 Å². The van der Waals surface area contributed by atoms with E-state index in [9.17, 15) is 30.6 Å². The quantitative estimate of drug-likeness (QED) is 0.281. The third kappa shape index (κ3) is 5.50. The van der Waals surface area contributed by atoms with Gasteiger partial charge in [-0.25, -0.2) is 0 Å². The smallest absolute Gasteiger partial charge is 0.186 e. The zero-order chi connectivity index (χ0) is 21.0. The highest BCUT2D eigenvalue weighted by molar-refractivity contribution is 5.14. The molecule has 2 aliphatic heterocycles. The summed E-state index contributed by atoms with van der Waals surface area (Å²) in [5, 5.41) is 59.4. The Morgan fingerprint density at radius 1 is 0.793 bits per heavy atom. The molecule has 1 aromatic carbocycles. The van der Waals surface area contributed by atoms with Crippen LogP contribution in [0.15, 0.2) is 30.3 Å². The van der Waals surface area contributed by atoms with Gasteiger partial charge in [0.25, 0.3) is 0 Å². The summed E-state index contributed by atoms with van der Waals surface area (Å²) >= 11 is 0. The van der Waals surface area contributed by atoms with Crippen molar-refractivity contribution in [2.75, 3.05) is 19.8 Å². The number of aliphatic hydroxyl groups is 6. The minimum Gasteiger partial charge on any atom is -0.388 e. The maximum absolute atomic E-state index is 10.2. The minimum absolute atomic E-state index is 0.219. The van der Waals surface area contributed by atoms with E-state index < -0.39 is 55.3 Å². The van der Waals surface area contributed by atoms with Crippen molar-refractivity contribution in [2.45, 2.75) is 61.7 Å². The Hall–Kier alpha value is -1.18. The van der Waals surface area contributed by atoms with Gasteiger partial charge in [-0.2, -0.15) is 0 Å². The zero-order valence-electron chi connectivity index (χ0n) is 15.7. The Morgan fingerprint density at radius 3 is 2.21 bits per heavy atom. The fourth-order valence-electron chi connectivity index (χ4n) is 3.25. The second-order valence-electron chi connectivity index (χ2n) is 7.20. The number of ether oxygens (including phenoxy) is 4. The normalized spacial score (nSPS) is 40.7. The van der Waals surface area contributed by atoms with Gasteiger partial charge in [-0.05, 0) is 12.0 Å². The van der Waals surface area contributed by atoms with E-state index in [2.05, 4.69) is 0 Å².